The molecule has 0 radical (unpaired) electrons. The Kier molecular flexibility index (Phi) is 3.58. The highest BCUT2D eigenvalue weighted by atomic mass is 16.5. The number of aliphatic hydroxyl groups is 2. The van der Waals surface area contributed by atoms with Crippen LogP contribution in [0, 0.1) is 41.4 Å². The number of rotatable bonds is 1. The van der Waals surface area contributed by atoms with Gasteiger partial charge in [-0.3, -0.25) is 0 Å². The summed E-state index contributed by atoms with van der Waals surface area (Å²) >= 11 is 0. The van der Waals surface area contributed by atoms with Crippen LogP contribution in [-0.2, 0) is 0 Å². The third-order valence-corrected chi connectivity index (χ3v) is 7.61. The van der Waals surface area contributed by atoms with E-state index in [1.54, 1.807) is 0 Å². The minimum Gasteiger partial charge on any atom is -0.368 e. The fourth-order valence-corrected chi connectivity index (χ4v) is 6.78. The molecule has 4 aliphatic carbocycles. The predicted octanol–water partition coefficient (Wildman–Crippen LogP) is 3.57. The Morgan fingerprint density at radius 2 is 1.25 bits per heavy atom. The molecule has 4 aliphatic rings. The van der Waals surface area contributed by atoms with Crippen molar-refractivity contribution in [3.8, 4) is 0 Å². The minimum atomic E-state index is -1.07. The zero-order chi connectivity index (χ0) is 13.7. The van der Waals surface area contributed by atoms with E-state index in [4.69, 9.17) is 0 Å². The molecule has 4 rings (SSSR count). The molecule has 2 nitrogen and oxygen atoms in total. The molecule has 0 amide bonds. The third-order valence-electron chi connectivity index (χ3n) is 7.61. The maximum Gasteiger partial charge on any atom is 0.154 e. The molecule has 0 saturated heterocycles. The van der Waals surface area contributed by atoms with Gasteiger partial charge in [-0.15, -0.1) is 0 Å². The summed E-state index contributed by atoms with van der Waals surface area (Å²) in [6.45, 7) is 0. The van der Waals surface area contributed by atoms with Gasteiger partial charge in [0.1, 0.15) is 0 Å². The van der Waals surface area contributed by atoms with Gasteiger partial charge in [-0.2, -0.15) is 0 Å². The van der Waals surface area contributed by atoms with Gasteiger partial charge in [-0.25, -0.2) is 0 Å². The predicted molar refractivity (Wildman–Crippen MR) is 78.8 cm³/mol. The molecule has 4 saturated carbocycles. The molecule has 0 spiro atoms. The number of hydrogen-bond donors (Lipinski definition) is 2. The largest absolute Gasteiger partial charge is 0.368 e. The van der Waals surface area contributed by atoms with E-state index in [-0.39, 0.29) is 5.92 Å². The lowest BCUT2D eigenvalue weighted by atomic mass is 9.53. The Hall–Kier alpha value is -0.0800. The van der Waals surface area contributed by atoms with E-state index < -0.39 is 6.29 Å². The highest BCUT2D eigenvalue weighted by Gasteiger charge is 2.49. The van der Waals surface area contributed by atoms with Crippen molar-refractivity contribution in [2.24, 2.45) is 41.4 Å². The first-order valence-corrected chi connectivity index (χ1v) is 9.10. The normalized spacial score (nSPS) is 51.5. The zero-order valence-electron chi connectivity index (χ0n) is 12.6. The van der Waals surface area contributed by atoms with E-state index in [1.807, 2.05) is 0 Å². The van der Waals surface area contributed by atoms with Crippen LogP contribution in [0.2, 0.25) is 0 Å². The van der Waals surface area contributed by atoms with Gasteiger partial charge >= 0.3 is 0 Å². The summed E-state index contributed by atoms with van der Waals surface area (Å²) in [5.74, 6) is 6.05. The summed E-state index contributed by atoms with van der Waals surface area (Å²) in [5.41, 5.74) is 0. The number of aliphatic hydroxyl groups excluding tert-OH is 1. The lowest BCUT2D eigenvalue weighted by Crippen LogP contribution is -2.45. The van der Waals surface area contributed by atoms with E-state index >= 15 is 0 Å². The SMILES string of the molecule is OC(O)C1CCC2C(CC[C@@H]3C4CCCC4CC[C@@H]23)C1. The van der Waals surface area contributed by atoms with Gasteiger partial charge in [-0.1, -0.05) is 12.8 Å². The average molecular weight is 278 g/mol. The van der Waals surface area contributed by atoms with Crippen molar-refractivity contribution in [1.82, 2.24) is 0 Å². The van der Waals surface area contributed by atoms with Crippen LogP contribution in [0.4, 0.5) is 0 Å². The van der Waals surface area contributed by atoms with Crippen molar-refractivity contribution in [2.45, 2.75) is 70.5 Å². The Labute approximate surface area is 123 Å². The fraction of sp³-hybridized carbons (Fsp3) is 1.00. The number of hydrogen-bond acceptors (Lipinski definition) is 2. The van der Waals surface area contributed by atoms with Crippen molar-refractivity contribution >= 4 is 0 Å². The number of fused-ring (bicyclic) bond motifs is 5. The van der Waals surface area contributed by atoms with Crippen molar-refractivity contribution < 1.29 is 10.2 Å². The molecule has 2 heteroatoms. The van der Waals surface area contributed by atoms with Crippen molar-refractivity contribution in [1.29, 1.82) is 0 Å². The standard InChI is InChI=1S/C18H30O2/c19-18(20)13-6-7-15-12(10-13)5-9-16-14-3-1-2-11(14)4-8-17(15)16/h11-20H,1-10H2/t11?,12?,13?,14?,15?,16-,17+/m1/s1. The highest BCUT2D eigenvalue weighted by Crippen LogP contribution is 2.58. The van der Waals surface area contributed by atoms with Gasteiger partial charge in [0, 0.05) is 5.92 Å². The molecule has 20 heavy (non-hydrogen) atoms. The third kappa shape index (κ3) is 2.14. The summed E-state index contributed by atoms with van der Waals surface area (Å²) in [6.07, 6.45) is 12.7. The van der Waals surface area contributed by atoms with Crippen molar-refractivity contribution in [3.05, 3.63) is 0 Å². The van der Waals surface area contributed by atoms with Crippen LogP contribution in [0.15, 0.2) is 0 Å². The first kappa shape index (κ1) is 13.6. The van der Waals surface area contributed by atoms with Crippen molar-refractivity contribution in [2.75, 3.05) is 0 Å². The van der Waals surface area contributed by atoms with Crippen LogP contribution in [0.5, 0.6) is 0 Å². The van der Waals surface area contributed by atoms with E-state index in [0.717, 1.165) is 48.3 Å². The quantitative estimate of drug-likeness (QED) is 0.720. The van der Waals surface area contributed by atoms with Gasteiger partial charge in [0.25, 0.3) is 0 Å². The maximum atomic E-state index is 9.48. The molecule has 0 heterocycles. The molecule has 0 aromatic rings. The zero-order valence-corrected chi connectivity index (χ0v) is 12.6. The van der Waals surface area contributed by atoms with E-state index in [9.17, 15) is 10.2 Å². The van der Waals surface area contributed by atoms with Gasteiger partial charge in [0.05, 0.1) is 0 Å². The summed E-state index contributed by atoms with van der Waals surface area (Å²) in [6, 6.07) is 0. The van der Waals surface area contributed by atoms with Crippen molar-refractivity contribution in [3.63, 3.8) is 0 Å². The summed E-state index contributed by atoms with van der Waals surface area (Å²) < 4.78 is 0. The molecule has 2 N–H and O–H groups in total. The second-order valence-electron chi connectivity index (χ2n) is 8.25. The first-order valence-electron chi connectivity index (χ1n) is 9.10. The molecule has 114 valence electrons. The van der Waals surface area contributed by atoms with Crippen LogP contribution in [0.1, 0.15) is 64.2 Å². The Morgan fingerprint density at radius 1 is 0.600 bits per heavy atom. The summed E-state index contributed by atoms with van der Waals surface area (Å²) in [7, 11) is 0. The molecule has 4 fully saturated rings. The van der Waals surface area contributed by atoms with Crippen LogP contribution in [-0.4, -0.2) is 16.5 Å². The van der Waals surface area contributed by atoms with E-state index in [1.165, 1.54) is 51.4 Å². The second-order valence-corrected chi connectivity index (χ2v) is 8.25. The van der Waals surface area contributed by atoms with Crippen LogP contribution < -0.4 is 0 Å². The molecule has 0 aromatic heterocycles. The van der Waals surface area contributed by atoms with E-state index in [0.29, 0.717) is 0 Å². The smallest absolute Gasteiger partial charge is 0.154 e. The van der Waals surface area contributed by atoms with Gasteiger partial charge in [0.2, 0.25) is 0 Å². The molecule has 5 unspecified atom stereocenters. The second kappa shape index (κ2) is 5.28. The van der Waals surface area contributed by atoms with Gasteiger partial charge < -0.3 is 10.2 Å². The maximum absolute atomic E-state index is 9.48. The monoisotopic (exact) mass is 278 g/mol. The Morgan fingerprint density at radius 3 is 2.00 bits per heavy atom. The van der Waals surface area contributed by atoms with Crippen LogP contribution in [0.25, 0.3) is 0 Å². The Bertz CT molecular complexity index is 353. The molecule has 7 atom stereocenters. The molecular formula is C18H30O2. The average Bonchev–Trinajstić information content (AvgIpc) is 2.94. The first-order chi connectivity index (χ1) is 9.74. The topological polar surface area (TPSA) is 40.5 Å². The van der Waals surface area contributed by atoms with Gasteiger partial charge in [-0.05, 0) is 86.9 Å². The summed E-state index contributed by atoms with van der Waals surface area (Å²) in [4.78, 5) is 0. The molecule has 0 bridgehead atoms. The lowest BCUT2D eigenvalue weighted by Gasteiger charge is -2.53. The Balaban J connectivity index is 1.48. The lowest BCUT2D eigenvalue weighted by molar-refractivity contribution is -0.118. The van der Waals surface area contributed by atoms with Crippen LogP contribution >= 0.6 is 0 Å². The van der Waals surface area contributed by atoms with Gasteiger partial charge in [0.15, 0.2) is 6.29 Å². The van der Waals surface area contributed by atoms with E-state index in [2.05, 4.69) is 0 Å². The minimum absolute atomic E-state index is 0.163. The highest BCUT2D eigenvalue weighted by molar-refractivity contribution is 4.99. The summed E-state index contributed by atoms with van der Waals surface area (Å²) in [5, 5.41) is 19.0. The fourth-order valence-electron chi connectivity index (χ4n) is 6.78. The van der Waals surface area contributed by atoms with Crippen LogP contribution in [0.3, 0.4) is 0 Å². The molecular weight excluding hydrogens is 248 g/mol. The molecule has 0 aromatic carbocycles. The molecule has 0 aliphatic heterocycles.